The summed E-state index contributed by atoms with van der Waals surface area (Å²) >= 11 is 2.70. The molecule has 0 unspecified atom stereocenters. The maximum Gasteiger partial charge on any atom is 0.573 e. The summed E-state index contributed by atoms with van der Waals surface area (Å²) in [4.78, 5) is 10.6. The second-order valence-electron chi connectivity index (χ2n) is 2.62. The highest BCUT2D eigenvalue weighted by molar-refractivity contribution is 9.10. The van der Waals surface area contributed by atoms with Crippen LogP contribution in [0.4, 0.5) is 17.6 Å². The predicted molar refractivity (Wildman–Crippen MR) is 47.7 cm³/mol. The van der Waals surface area contributed by atoms with Crippen molar-refractivity contribution in [1.82, 2.24) is 0 Å². The van der Waals surface area contributed by atoms with E-state index in [0.29, 0.717) is 12.1 Å². The molecule has 3 nitrogen and oxygen atoms in total. The van der Waals surface area contributed by atoms with Crippen LogP contribution >= 0.6 is 15.9 Å². The summed E-state index contributed by atoms with van der Waals surface area (Å²) in [6.07, 6.45) is -5.08. The van der Waals surface area contributed by atoms with Crippen LogP contribution in [0.25, 0.3) is 0 Å². The van der Waals surface area contributed by atoms with Gasteiger partial charge in [-0.1, -0.05) is 0 Å². The number of benzene rings is 1. The first kappa shape index (κ1) is 12.8. The molecule has 0 fully saturated rings. The summed E-state index contributed by atoms with van der Waals surface area (Å²) in [5, 5.41) is 8.59. The van der Waals surface area contributed by atoms with E-state index in [1.54, 1.807) is 0 Å². The molecule has 0 saturated heterocycles. The van der Waals surface area contributed by atoms with Gasteiger partial charge in [0.15, 0.2) is 11.6 Å². The van der Waals surface area contributed by atoms with Crippen LogP contribution in [-0.2, 0) is 0 Å². The summed E-state index contributed by atoms with van der Waals surface area (Å²) < 4.78 is 51.5. The van der Waals surface area contributed by atoms with Gasteiger partial charge in [-0.05, 0) is 28.1 Å². The Kier molecular flexibility index (Phi) is 3.41. The smallest absolute Gasteiger partial charge is 0.478 e. The van der Waals surface area contributed by atoms with Crippen LogP contribution in [0.2, 0.25) is 0 Å². The zero-order valence-electron chi connectivity index (χ0n) is 7.31. The zero-order valence-corrected chi connectivity index (χ0v) is 8.89. The number of hydrogen-bond donors (Lipinski definition) is 1. The minimum absolute atomic E-state index is 0.174. The largest absolute Gasteiger partial charge is 0.573 e. The number of rotatable bonds is 2. The van der Waals surface area contributed by atoms with Crippen LogP contribution in [0.1, 0.15) is 10.4 Å². The molecule has 0 spiro atoms. The van der Waals surface area contributed by atoms with E-state index in [2.05, 4.69) is 20.7 Å². The average molecular weight is 303 g/mol. The molecule has 88 valence electrons. The van der Waals surface area contributed by atoms with Gasteiger partial charge in [-0.25, -0.2) is 9.18 Å². The number of aromatic carboxylic acids is 1. The third-order valence-electron chi connectivity index (χ3n) is 1.48. The molecule has 0 radical (unpaired) electrons. The Morgan fingerprint density at radius 3 is 2.38 bits per heavy atom. The Morgan fingerprint density at radius 2 is 1.94 bits per heavy atom. The van der Waals surface area contributed by atoms with Crippen LogP contribution < -0.4 is 4.74 Å². The summed E-state index contributed by atoms with van der Waals surface area (Å²) in [5.74, 6) is -4.00. The lowest BCUT2D eigenvalue weighted by Crippen LogP contribution is -2.18. The molecule has 0 amide bonds. The lowest BCUT2D eigenvalue weighted by molar-refractivity contribution is -0.275. The highest BCUT2D eigenvalue weighted by Gasteiger charge is 2.33. The van der Waals surface area contributed by atoms with Crippen LogP contribution in [0, 0.1) is 5.82 Å². The summed E-state index contributed by atoms with van der Waals surface area (Å²) in [6, 6.07) is 1.04. The van der Waals surface area contributed by atoms with E-state index < -0.39 is 29.5 Å². The molecule has 0 aliphatic carbocycles. The van der Waals surface area contributed by atoms with Crippen LogP contribution in [0.5, 0.6) is 5.75 Å². The first-order valence-corrected chi connectivity index (χ1v) is 4.48. The lowest BCUT2D eigenvalue weighted by Gasteiger charge is -2.10. The first-order valence-electron chi connectivity index (χ1n) is 3.69. The summed E-state index contributed by atoms with van der Waals surface area (Å²) in [5.41, 5.74) is -0.527. The van der Waals surface area contributed by atoms with Gasteiger partial charge in [0.2, 0.25) is 0 Å². The van der Waals surface area contributed by atoms with Crippen molar-refractivity contribution in [3.63, 3.8) is 0 Å². The fraction of sp³-hybridized carbons (Fsp3) is 0.125. The quantitative estimate of drug-likeness (QED) is 0.854. The summed E-state index contributed by atoms with van der Waals surface area (Å²) in [6.45, 7) is 0. The topological polar surface area (TPSA) is 46.5 Å². The van der Waals surface area contributed by atoms with Crippen molar-refractivity contribution in [2.45, 2.75) is 6.36 Å². The molecule has 0 saturated carbocycles. The third kappa shape index (κ3) is 3.09. The Bertz CT molecular complexity index is 430. The van der Waals surface area contributed by atoms with Gasteiger partial charge in [0, 0.05) is 4.47 Å². The van der Waals surface area contributed by atoms with E-state index in [1.807, 2.05) is 0 Å². The standard InChI is InChI=1S/C8H3BrF4O3/c9-4-2-5(10)6(16-8(11,12)13)1-3(4)7(14)15/h1-2H,(H,14,15). The Hall–Kier alpha value is -1.31. The van der Waals surface area contributed by atoms with E-state index in [0.717, 1.165) is 0 Å². The van der Waals surface area contributed by atoms with E-state index >= 15 is 0 Å². The minimum Gasteiger partial charge on any atom is -0.478 e. The minimum atomic E-state index is -5.08. The van der Waals surface area contributed by atoms with Crippen molar-refractivity contribution < 1.29 is 32.2 Å². The number of alkyl halides is 3. The van der Waals surface area contributed by atoms with Gasteiger partial charge in [0.1, 0.15) is 0 Å². The normalized spacial score (nSPS) is 11.3. The average Bonchev–Trinajstić information content (AvgIpc) is 2.07. The highest BCUT2D eigenvalue weighted by Crippen LogP contribution is 2.30. The number of halogens is 5. The van der Waals surface area contributed by atoms with E-state index in [1.165, 1.54) is 0 Å². The molecule has 0 aliphatic rings. The van der Waals surface area contributed by atoms with Gasteiger partial charge in [-0.2, -0.15) is 0 Å². The van der Waals surface area contributed by atoms with E-state index in [9.17, 15) is 22.4 Å². The molecule has 1 rings (SSSR count). The number of ether oxygens (including phenoxy) is 1. The monoisotopic (exact) mass is 302 g/mol. The van der Waals surface area contributed by atoms with Crippen LogP contribution in [0.3, 0.4) is 0 Å². The molecule has 16 heavy (non-hydrogen) atoms. The van der Waals surface area contributed by atoms with Crippen molar-refractivity contribution in [2.75, 3.05) is 0 Å². The predicted octanol–water partition coefficient (Wildman–Crippen LogP) is 3.18. The molecular weight excluding hydrogens is 300 g/mol. The molecule has 0 aromatic heterocycles. The second kappa shape index (κ2) is 4.28. The molecule has 0 atom stereocenters. The first-order chi connectivity index (χ1) is 7.20. The van der Waals surface area contributed by atoms with Crippen molar-refractivity contribution in [3.05, 3.63) is 28.0 Å². The van der Waals surface area contributed by atoms with Gasteiger partial charge < -0.3 is 9.84 Å². The number of carbonyl (C=O) groups is 1. The van der Waals surface area contributed by atoms with Gasteiger partial charge in [-0.3, -0.25) is 0 Å². The van der Waals surface area contributed by atoms with Crippen molar-refractivity contribution in [3.8, 4) is 5.75 Å². The Labute approximate surface area is 94.8 Å². The van der Waals surface area contributed by atoms with Gasteiger partial charge in [0.05, 0.1) is 5.56 Å². The number of carboxylic acids is 1. The number of carboxylic acid groups (broad SMARTS) is 1. The maximum atomic E-state index is 13.0. The van der Waals surface area contributed by atoms with E-state index in [4.69, 9.17) is 5.11 Å². The van der Waals surface area contributed by atoms with E-state index in [-0.39, 0.29) is 4.47 Å². The molecular formula is C8H3BrF4O3. The van der Waals surface area contributed by atoms with Crippen molar-refractivity contribution in [1.29, 1.82) is 0 Å². The lowest BCUT2D eigenvalue weighted by atomic mass is 10.2. The Morgan fingerprint density at radius 1 is 1.38 bits per heavy atom. The Balaban J connectivity index is 3.20. The molecule has 0 heterocycles. The fourth-order valence-electron chi connectivity index (χ4n) is 0.896. The van der Waals surface area contributed by atoms with Crippen LogP contribution in [0.15, 0.2) is 16.6 Å². The van der Waals surface area contributed by atoms with Crippen LogP contribution in [-0.4, -0.2) is 17.4 Å². The van der Waals surface area contributed by atoms with Gasteiger partial charge in [0.25, 0.3) is 0 Å². The molecule has 1 aromatic rings. The fourth-order valence-corrected chi connectivity index (χ4v) is 1.38. The maximum absolute atomic E-state index is 13.0. The van der Waals surface area contributed by atoms with Crippen molar-refractivity contribution in [2.24, 2.45) is 0 Å². The second-order valence-corrected chi connectivity index (χ2v) is 3.47. The highest BCUT2D eigenvalue weighted by atomic mass is 79.9. The molecule has 1 N–H and O–H groups in total. The molecule has 0 aliphatic heterocycles. The number of hydrogen-bond acceptors (Lipinski definition) is 2. The molecule has 1 aromatic carbocycles. The zero-order chi connectivity index (χ0) is 12.5. The SMILES string of the molecule is O=C(O)c1cc(OC(F)(F)F)c(F)cc1Br. The molecule has 8 heteroatoms. The van der Waals surface area contributed by atoms with Crippen molar-refractivity contribution >= 4 is 21.9 Å². The van der Waals surface area contributed by atoms with Gasteiger partial charge >= 0.3 is 12.3 Å². The summed E-state index contributed by atoms with van der Waals surface area (Å²) in [7, 11) is 0. The third-order valence-corrected chi connectivity index (χ3v) is 2.13. The van der Waals surface area contributed by atoms with Gasteiger partial charge in [-0.15, -0.1) is 13.2 Å². The molecule has 0 bridgehead atoms.